The number of carbonyl (C=O) groups is 1. The summed E-state index contributed by atoms with van der Waals surface area (Å²) in [6, 6.07) is 0.929. The molecule has 2 saturated heterocycles. The topological polar surface area (TPSA) is 44.4 Å². The molecule has 3 unspecified atom stereocenters. The Morgan fingerprint density at radius 2 is 2.12 bits per heavy atom. The van der Waals surface area contributed by atoms with Gasteiger partial charge >= 0.3 is 0 Å². The third kappa shape index (κ3) is 2.99. The molecule has 4 heteroatoms. The van der Waals surface area contributed by atoms with Crippen LogP contribution in [0.5, 0.6) is 0 Å². The SMILES string of the molecule is CCC1CCCCN1C(=O)C1CNC(C)CN1. The van der Waals surface area contributed by atoms with Gasteiger partial charge in [-0.05, 0) is 32.6 Å². The number of carbonyl (C=O) groups excluding carboxylic acids is 1. The second-order valence-electron chi connectivity index (χ2n) is 5.36. The number of piperazine rings is 1. The van der Waals surface area contributed by atoms with Crippen LogP contribution in [0.2, 0.25) is 0 Å². The summed E-state index contributed by atoms with van der Waals surface area (Å²) in [4.78, 5) is 14.6. The number of amides is 1. The largest absolute Gasteiger partial charge is 0.338 e. The first-order valence-electron chi connectivity index (χ1n) is 6.99. The zero-order chi connectivity index (χ0) is 12.3. The van der Waals surface area contributed by atoms with Gasteiger partial charge in [-0.1, -0.05) is 6.92 Å². The molecule has 2 fully saturated rings. The minimum Gasteiger partial charge on any atom is -0.338 e. The lowest BCUT2D eigenvalue weighted by Gasteiger charge is -2.39. The molecule has 2 rings (SSSR count). The van der Waals surface area contributed by atoms with Crippen LogP contribution in [0, 0.1) is 0 Å². The highest BCUT2D eigenvalue weighted by Crippen LogP contribution is 2.20. The van der Waals surface area contributed by atoms with E-state index in [1.165, 1.54) is 19.3 Å². The van der Waals surface area contributed by atoms with Crippen molar-refractivity contribution in [3.8, 4) is 0 Å². The van der Waals surface area contributed by atoms with Gasteiger partial charge in [0.15, 0.2) is 0 Å². The van der Waals surface area contributed by atoms with Gasteiger partial charge in [-0.25, -0.2) is 0 Å². The van der Waals surface area contributed by atoms with E-state index in [1.54, 1.807) is 0 Å². The Labute approximate surface area is 104 Å². The molecule has 2 heterocycles. The van der Waals surface area contributed by atoms with Gasteiger partial charge < -0.3 is 15.5 Å². The third-order valence-corrected chi connectivity index (χ3v) is 4.02. The third-order valence-electron chi connectivity index (χ3n) is 4.02. The highest BCUT2D eigenvalue weighted by molar-refractivity contribution is 5.82. The molecule has 0 aromatic carbocycles. The quantitative estimate of drug-likeness (QED) is 0.746. The molecule has 2 aliphatic heterocycles. The molecule has 0 saturated carbocycles. The summed E-state index contributed by atoms with van der Waals surface area (Å²) < 4.78 is 0. The second-order valence-corrected chi connectivity index (χ2v) is 5.36. The number of rotatable bonds is 2. The van der Waals surface area contributed by atoms with Crippen LogP contribution in [0.25, 0.3) is 0 Å². The second kappa shape index (κ2) is 5.83. The Morgan fingerprint density at radius 3 is 2.76 bits per heavy atom. The molecule has 3 atom stereocenters. The Morgan fingerprint density at radius 1 is 1.29 bits per heavy atom. The Bertz CT molecular complexity index is 261. The minimum absolute atomic E-state index is 0.0154. The molecule has 2 aliphatic rings. The highest BCUT2D eigenvalue weighted by Gasteiger charge is 2.32. The molecule has 0 radical (unpaired) electrons. The van der Waals surface area contributed by atoms with Crippen molar-refractivity contribution in [1.82, 2.24) is 15.5 Å². The first-order chi connectivity index (χ1) is 8.22. The molecule has 0 aromatic rings. The van der Waals surface area contributed by atoms with Crippen molar-refractivity contribution >= 4 is 5.91 Å². The van der Waals surface area contributed by atoms with E-state index in [-0.39, 0.29) is 6.04 Å². The highest BCUT2D eigenvalue weighted by atomic mass is 16.2. The van der Waals surface area contributed by atoms with Gasteiger partial charge in [0.05, 0.1) is 6.04 Å². The summed E-state index contributed by atoms with van der Waals surface area (Å²) in [6.45, 7) is 6.94. The zero-order valence-corrected chi connectivity index (χ0v) is 11.0. The summed E-state index contributed by atoms with van der Waals surface area (Å²) in [6.07, 6.45) is 4.70. The summed E-state index contributed by atoms with van der Waals surface area (Å²) in [5, 5.41) is 6.73. The van der Waals surface area contributed by atoms with E-state index in [4.69, 9.17) is 0 Å². The van der Waals surface area contributed by atoms with Crippen LogP contribution in [-0.4, -0.2) is 48.6 Å². The van der Waals surface area contributed by atoms with Gasteiger partial charge in [0.1, 0.15) is 0 Å². The Kier molecular flexibility index (Phi) is 4.40. The average Bonchev–Trinajstić information content (AvgIpc) is 2.39. The average molecular weight is 239 g/mol. The smallest absolute Gasteiger partial charge is 0.241 e. The molecule has 4 nitrogen and oxygen atoms in total. The van der Waals surface area contributed by atoms with Crippen molar-refractivity contribution in [2.75, 3.05) is 19.6 Å². The van der Waals surface area contributed by atoms with Crippen LogP contribution < -0.4 is 10.6 Å². The van der Waals surface area contributed by atoms with Gasteiger partial charge in [0.25, 0.3) is 0 Å². The van der Waals surface area contributed by atoms with Crippen molar-refractivity contribution in [2.45, 2.75) is 57.7 Å². The minimum atomic E-state index is -0.0154. The standard InChI is InChI=1S/C13H25N3O/c1-3-11-6-4-5-7-16(11)13(17)12-9-14-10(2)8-15-12/h10-12,14-15H,3-9H2,1-2H3. The number of nitrogens with one attached hydrogen (secondary N) is 2. The van der Waals surface area contributed by atoms with E-state index in [0.29, 0.717) is 18.0 Å². The lowest BCUT2D eigenvalue weighted by molar-refractivity contribution is -0.137. The van der Waals surface area contributed by atoms with Crippen molar-refractivity contribution in [2.24, 2.45) is 0 Å². The summed E-state index contributed by atoms with van der Waals surface area (Å²) in [5.74, 6) is 0.302. The summed E-state index contributed by atoms with van der Waals surface area (Å²) in [5.41, 5.74) is 0. The number of hydrogen-bond acceptors (Lipinski definition) is 3. The molecule has 2 N–H and O–H groups in total. The van der Waals surface area contributed by atoms with Gasteiger partial charge in [-0.2, -0.15) is 0 Å². The Hall–Kier alpha value is -0.610. The molecular weight excluding hydrogens is 214 g/mol. The fraction of sp³-hybridized carbons (Fsp3) is 0.923. The molecule has 98 valence electrons. The van der Waals surface area contributed by atoms with E-state index in [9.17, 15) is 4.79 Å². The molecule has 0 spiro atoms. The van der Waals surface area contributed by atoms with Crippen LogP contribution in [0.1, 0.15) is 39.5 Å². The molecule has 0 bridgehead atoms. The van der Waals surface area contributed by atoms with Crippen LogP contribution in [-0.2, 0) is 4.79 Å². The predicted molar refractivity (Wildman–Crippen MR) is 68.9 cm³/mol. The van der Waals surface area contributed by atoms with Gasteiger partial charge in [-0.3, -0.25) is 4.79 Å². The maximum Gasteiger partial charge on any atom is 0.241 e. The zero-order valence-electron chi connectivity index (χ0n) is 11.0. The maximum atomic E-state index is 12.5. The monoisotopic (exact) mass is 239 g/mol. The number of likely N-dealkylation sites (tertiary alicyclic amines) is 1. The van der Waals surface area contributed by atoms with Crippen LogP contribution >= 0.6 is 0 Å². The lowest BCUT2D eigenvalue weighted by atomic mass is 9.98. The van der Waals surface area contributed by atoms with Gasteiger partial charge in [-0.15, -0.1) is 0 Å². The molecule has 0 aromatic heterocycles. The summed E-state index contributed by atoms with van der Waals surface area (Å²) >= 11 is 0. The fourth-order valence-electron chi connectivity index (χ4n) is 2.87. The summed E-state index contributed by atoms with van der Waals surface area (Å²) in [7, 11) is 0. The van der Waals surface area contributed by atoms with E-state index < -0.39 is 0 Å². The van der Waals surface area contributed by atoms with Crippen LogP contribution in [0.4, 0.5) is 0 Å². The normalized spacial score (nSPS) is 34.7. The van der Waals surface area contributed by atoms with Crippen molar-refractivity contribution < 1.29 is 4.79 Å². The number of hydrogen-bond donors (Lipinski definition) is 2. The Balaban J connectivity index is 1.93. The van der Waals surface area contributed by atoms with E-state index in [0.717, 1.165) is 26.1 Å². The van der Waals surface area contributed by atoms with Crippen molar-refractivity contribution in [1.29, 1.82) is 0 Å². The first kappa shape index (κ1) is 12.8. The van der Waals surface area contributed by atoms with Crippen LogP contribution in [0.3, 0.4) is 0 Å². The predicted octanol–water partition coefficient (Wildman–Crippen LogP) is 0.727. The fourth-order valence-corrected chi connectivity index (χ4v) is 2.87. The lowest BCUT2D eigenvalue weighted by Crippen LogP contribution is -2.61. The molecule has 0 aliphatic carbocycles. The number of nitrogens with zero attached hydrogens (tertiary/aromatic N) is 1. The molecule has 17 heavy (non-hydrogen) atoms. The number of piperidine rings is 1. The van der Waals surface area contributed by atoms with Crippen molar-refractivity contribution in [3.05, 3.63) is 0 Å². The van der Waals surface area contributed by atoms with E-state index >= 15 is 0 Å². The van der Waals surface area contributed by atoms with E-state index in [2.05, 4.69) is 29.4 Å². The van der Waals surface area contributed by atoms with Crippen LogP contribution in [0.15, 0.2) is 0 Å². The maximum absolute atomic E-state index is 12.5. The molecule has 1 amide bonds. The molecular formula is C13H25N3O. The van der Waals surface area contributed by atoms with E-state index in [1.807, 2.05) is 0 Å². The van der Waals surface area contributed by atoms with Crippen molar-refractivity contribution in [3.63, 3.8) is 0 Å². The van der Waals surface area contributed by atoms with Gasteiger partial charge in [0.2, 0.25) is 5.91 Å². The van der Waals surface area contributed by atoms with Gasteiger partial charge in [0, 0.05) is 31.7 Å². The first-order valence-corrected chi connectivity index (χ1v) is 6.99.